The topological polar surface area (TPSA) is 69.4 Å². The highest BCUT2D eigenvalue weighted by molar-refractivity contribution is 6.61. The van der Waals surface area contributed by atoms with Gasteiger partial charge < -0.3 is 0 Å². The van der Waals surface area contributed by atoms with Gasteiger partial charge in [0.05, 0.1) is 0 Å². The lowest BCUT2D eigenvalue weighted by Crippen LogP contribution is -2.01. The zero-order valence-electron chi connectivity index (χ0n) is 6.42. The predicted molar refractivity (Wildman–Crippen MR) is 45.8 cm³/mol. The number of halogens is 1. The lowest BCUT2D eigenvalue weighted by atomic mass is 10.4. The minimum atomic E-state index is -1.44. The van der Waals surface area contributed by atoms with E-state index in [-0.39, 0.29) is 0 Å². The second kappa shape index (κ2) is 7.05. The molecule has 0 aliphatic carbocycles. The van der Waals surface area contributed by atoms with Crippen molar-refractivity contribution >= 4 is 17.0 Å². The summed E-state index contributed by atoms with van der Waals surface area (Å²) in [6.07, 6.45) is 0. The molecule has 5 nitrogen and oxygen atoms in total. The van der Waals surface area contributed by atoms with E-state index in [0.717, 1.165) is 0 Å². The summed E-state index contributed by atoms with van der Waals surface area (Å²) < 4.78 is 0. The van der Waals surface area contributed by atoms with Gasteiger partial charge in [0, 0.05) is 0 Å². The lowest BCUT2D eigenvalue weighted by molar-refractivity contribution is -0.725. The Morgan fingerprint density at radius 2 is 1.46 bits per heavy atom. The fourth-order valence-corrected chi connectivity index (χ4v) is 0.500. The second-order valence-electron chi connectivity index (χ2n) is 1.71. The molecule has 1 aromatic rings. The van der Waals surface area contributed by atoms with Crippen molar-refractivity contribution in [3.05, 3.63) is 46.5 Å². The first-order valence-corrected chi connectivity index (χ1v) is 3.52. The Bertz CT molecular complexity index is 226. The van der Waals surface area contributed by atoms with Crippen molar-refractivity contribution in [1.82, 2.24) is 0 Å². The van der Waals surface area contributed by atoms with E-state index in [1.807, 2.05) is 36.4 Å². The molecule has 13 heavy (non-hydrogen) atoms. The van der Waals surface area contributed by atoms with Crippen LogP contribution in [-0.2, 0) is 4.84 Å². The third-order valence-electron chi connectivity index (χ3n) is 0.813. The minimum absolute atomic E-state index is 1.28. The molecule has 1 aromatic carbocycles. The molecule has 0 N–H and O–H groups in total. The number of nitrogens with zero attached hydrogens (tertiary/aromatic N) is 1. The molecule has 0 aromatic heterocycles. The van der Waals surface area contributed by atoms with Crippen molar-refractivity contribution in [2.24, 2.45) is 0 Å². The Morgan fingerprint density at radius 1 is 1.15 bits per heavy atom. The minimum Gasteiger partial charge on any atom is -0.249 e. The summed E-state index contributed by atoms with van der Waals surface area (Å²) in [6.45, 7) is 0. The average Bonchev–Trinajstić information content (AvgIpc) is 2.06. The Hall–Kier alpha value is -1.62. The maximum absolute atomic E-state index is 9.36. The van der Waals surface area contributed by atoms with Crippen LogP contribution in [-0.4, -0.2) is 10.5 Å². The molecule has 0 aliphatic heterocycles. The van der Waals surface area contributed by atoms with Crippen LogP contribution in [0.15, 0.2) is 36.4 Å². The van der Waals surface area contributed by atoms with Gasteiger partial charge in [-0.25, -0.2) is 9.63 Å². The Kier molecular flexibility index (Phi) is 6.17. The van der Waals surface area contributed by atoms with Crippen molar-refractivity contribution in [3.63, 3.8) is 0 Å². The first-order valence-electron chi connectivity index (χ1n) is 3.14. The standard InChI is InChI=1S/C6H6.CClNO4/c1-2-4-6-5-3-1;2-1(4)7-3(5)6/h1-6H;. The first-order chi connectivity index (χ1) is 6.13. The van der Waals surface area contributed by atoms with Crippen molar-refractivity contribution in [3.8, 4) is 0 Å². The molecule has 6 heteroatoms. The number of rotatable bonds is 1. The summed E-state index contributed by atoms with van der Waals surface area (Å²) in [7, 11) is 0. The zero-order valence-corrected chi connectivity index (χ0v) is 7.18. The zero-order chi connectivity index (χ0) is 10.1. The van der Waals surface area contributed by atoms with Gasteiger partial charge in [0.1, 0.15) is 0 Å². The largest absolute Gasteiger partial charge is 0.395 e. The quantitative estimate of drug-likeness (QED) is 0.399. The van der Waals surface area contributed by atoms with E-state index in [9.17, 15) is 4.79 Å². The van der Waals surface area contributed by atoms with Gasteiger partial charge in [0.15, 0.2) is 0 Å². The fourth-order valence-electron chi connectivity index (χ4n) is 0.444. The van der Waals surface area contributed by atoms with Crippen LogP contribution >= 0.6 is 11.6 Å². The SMILES string of the molecule is O=C(Cl)O[N+](=O)[O-].c1ccccc1. The van der Waals surface area contributed by atoms with E-state index >= 15 is 0 Å². The highest BCUT2D eigenvalue weighted by Crippen LogP contribution is 1.84. The van der Waals surface area contributed by atoms with Gasteiger partial charge in [0.25, 0.3) is 0 Å². The first kappa shape index (κ1) is 11.4. The third kappa shape index (κ3) is 10.4. The maximum Gasteiger partial charge on any atom is 0.395 e. The normalized spacial score (nSPS) is 7.77. The summed E-state index contributed by atoms with van der Waals surface area (Å²) in [5.41, 5.74) is -1.44. The van der Waals surface area contributed by atoms with Crippen molar-refractivity contribution in [1.29, 1.82) is 0 Å². The summed E-state index contributed by atoms with van der Waals surface area (Å²) in [5.74, 6) is 0. The summed E-state index contributed by atoms with van der Waals surface area (Å²) in [6, 6.07) is 12.0. The summed E-state index contributed by atoms with van der Waals surface area (Å²) in [4.78, 5) is 21.5. The fraction of sp³-hybridized carbons (Fsp3) is 0. The Balaban J connectivity index is 0.000000223. The van der Waals surface area contributed by atoms with E-state index < -0.39 is 10.5 Å². The van der Waals surface area contributed by atoms with Crippen LogP contribution in [0.25, 0.3) is 0 Å². The van der Waals surface area contributed by atoms with Gasteiger partial charge in [-0.1, -0.05) is 36.4 Å². The van der Waals surface area contributed by atoms with Crippen LogP contribution in [0.3, 0.4) is 0 Å². The maximum atomic E-state index is 9.36. The summed E-state index contributed by atoms with van der Waals surface area (Å²) in [5, 5.41) is 7.81. The van der Waals surface area contributed by atoms with Crippen LogP contribution in [0, 0.1) is 10.1 Å². The second-order valence-corrected chi connectivity index (χ2v) is 2.02. The molecule has 1 rings (SSSR count). The molecule has 0 radical (unpaired) electrons. The van der Waals surface area contributed by atoms with E-state index in [2.05, 4.69) is 16.4 Å². The van der Waals surface area contributed by atoms with Gasteiger partial charge in [-0.2, -0.15) is 0 Å². The van der Waals surface area contributed by atoms with Crippen LogP contribution in [0.4, 0.5) is 4.79 Å². The molecule has 70 valence electrons. The molecule has 0 saturated carbocycles. The Labute approximate surface area is 79.0 Å². The predicted octanol–water partition coefficient (Wildman–Crippen LogP) is 2.24. The van der Waals surface area contributed by atoms with Crippen LogP contribution in [0.5, 0.6) is 0 Å². The molecule has 0 atom stereocenters. The highest BCUT2D eigenvalue weighted by Gasteiger charge is 1.98. The Morgan fingerprint density at radius 3 is 1.54 bits per heavy atom. The van der Waals surface area contributed by atoms with E-state index in [1.165, 1.54) is 0 Å². The number of carbonyl (C=O) groups is 1. The average molecular weight is 204 g/mol. The van der Waals surface area contributed by atoms with Gasteiger partial charge in [0.2, 0.25) is 0 Å². The smallest absolute Gasteiger partial charge is 0.249 e. The van der Waals surface area contributed by atoms with E-state index in [1.54, 1.807) is 0 Å². The van der Waals surface area contributed by atoms with Gasteiger partial charge in [-0.15, -0.1) is 10.1 Å². The van der Waals surface area contributed by atoms with Crippen molar-refractivity contribution in [2.75, 3.05) is 0 Å². The van der Waals surface area contributed by atoms with Crippen LogP contribution in [0.1, 0.15) is 0 Å². The molecule has 0 unspecified atom stereocenters. The van der Waals surface area contributed by atoms with E-state index in [0.29, 0.717) is 0 Å². The molecule has 0 fully saturated rings. The number of carbonyl (C=O) groups excluding carboxylic acids is 1. The molecule has 0 aliphatic rings. The van der Waals surface area contributed by atoms with Gasteiger partial charge in [-0.05, 0) is 11.6 Å². The molecule has 0 amide bonds. The van der Waals surface area contributed by atoms with Crippen LogP contribution < -0.4 is 0 Å². The summed E-state index contributed by atoms with van der Waals surface area (Å²) >= 11 is 4.37. The van der Waals surface area contributed by atoms with Gasteiger partial charge >= 0.3 is 10.5 Å². The van der Waals surface area contributed by atoms with Crippen LogP contribution in [0.2, 0.25) is 0 Å². The number of hydrogen-bond acceptors (Lipinski definition) is 4. The highest BCUT2D eigenvalue weighted by atomic mass is 35.5. The molecular formula is C7H6ClNO4. The molecule has 0 spiro atoms. The molecular weight excluding hydrogens is 198 g/mol. The third-order valence-corrected chi connectivity index (χ3v) is 0.882. The van der Waals surface area contributed by atoms with Crippen molar-refractivity contribution < 1.29 is 14.7 Å². The molecule has 0 heterocycles. The number of hydrogen-bond donors (Lipinski definition) is 0. The van der Waals surface area contributed by atoms with Crippen molar-refractivity contribution in [2.45, 2.75) is 0 Å². The van der Waals surface area contributed by atoms with E-state index in [4.69, 9.17) is 10.1 Å². The van der Waals surface area contributed by atoms with Gasteiger partial charge in [-0.3, -0.25) is 0 Å². The lowest BCUT2D eigenvalue weighted by Gasteiger charge is -1.80. The molecule has 0 saturated heterocycles. The monoisotopic (exact) mass is 203 g/mol. The number of benzene rings is 1. The molecule has 0 bridgehead atoms.